The monoisotopic (exact) mass is 361 g/mol. The number of benzene rings is 2. The number of carbonyl (C=O) groups excluding carboxylic acids is 1. The van der Waals surface area contributed by atoms with Gasteiger partial charge in [0.05, 0.1) is 5.57 Å². The maximum Gasteiger partial charge on any atom is 0.248 e. The maximum absolute atomic E-state index is 12.2. The first-order chi connectivity index (χ1) is 12.9. The molecule has 0 unspecified atom stereocenters. The quantitative estimate of drug-likeness (QED) is 0.665. The summed E-state index contributed by atoms with van der Waals surface area (Å²) in [6, 6.07) is 14.0. The third-order valence-electron chi connectivity index (χ3n) is 4.60. The molecular weight excluding hydrogens is 342 g/mol. The van der Waals surface area contributed by atoms with Crippen molar-refractivity contribution in [1.29, 1.82) is 0 Å². The Bertz CT molecular complexity index is 1070. The first kappa shape index (κ1) is 16.8. The van der Waals surface area contributed by atoms with Gasteiger partial charge in [0.15, 0.2) is 5.82 Å². The zero-order valence-corrected chi connectivity index (χ0v) is 15.0. The lowest BCUT2D eigenvalue weighted by Gasteiger charge is -2.27. The van der Waals surface area contributed by atoms with Crippen molar-refractivity contribution in [3.8, 4) is 17.1 Å². The summed E-state index contributed by atoms with van der Waals surface area (Å²) in [6.07, 6.45) is 0. The molecule has 27 heavy (non-hydrogen) atoms. The molecule has 7 heteroatoms. The Morgan fingerprint density at radius 3 is 2.59 bits per heavy atom. The Hall–Kier alpha value is -3.61. The first-order valence-electron chi connectivity index (χ1n) is 8.54. The summed E-state index contributed by atoms with van der Waals surface area (Å²) in [4.78, 5) is 16.8. The summed E-state index contributed by atoms with van der Waals surface area (Å²) >= 11 is 0. The Morgan fingerprint density at radius 1 is 1.19 bits per heavy atom. The molecule has 2 heterocycles. The molecule has 1 atom stereocenters. The van der Waals surface area contributed by atoms with Gasteiger partial charge >= 0.3 is 0 Å². The van der Waals surface area contributed by atoms with E-state index in [0.29, 0.717) is 23.0 Å². The average Bonchev–Trinajstić information content (AvgIpc) is 3.04. The fraction of sp³-hybridized carbons (Fsp3) is 0.150. The number of primary amides is 1. The standard InChI is InChI=1S/C20H19N5O2/c1-11-4-3-5-14(10-11)19-23-20-22-12(2)16(18(21)27)17(25(20)24-19)13-6-8-15(26)9-7-13/h3-10,17,26H,1-2H3,(H2,21,27)(H,22,23,24)/t17-/m0/s1. The first-order valence-corrected chi connectivity index (χ1v) is 8.54. The van der Waals surface area contributed by atoms with Gasteiger partial charge in [-0.05, 0) is 37.6 Å². The van der Waals surface area contributed by atoms with Gasteiger partial charge in [0.25, 0.3) is 0 Å². The largest absolute Gasteiger partial charge is 0.508 e. The van der Waals surface area contributed by atoms with Crippen LogP contribution < -0.4 is 11.1 Å². The number of hydrogen-bond donors (Lipinski definition) is 3. The van der Waals surface area contributed by atoms with Crippen molar-refractivity contribution in [2.75, 3.05) is 5.32 Å². The Labute approximate surface area is 156 Å². The predicted molar refractivity (Wildman–Crippen MR) is 102 cm³/mol. The number of aromatic nitrogens is 3. The molecule has 1 aromatic heterocycles. The minimum absolute atomic E-state index is 0.147. The Morgan fingerprint density at radius 2 is 1.93 bits per heavy atom. The van der Waals surface area contributed by atoms with Crippen LogP contribution in [0.5, 0.6) is 5.75 Å². The van der Waals surface area contributed by atoms with Crippen molar-refractivity contribution in [3.63, 3.8) is 0 Å². The van der Waals surface area contributed by atoms with E-state index in [2.05, 4.69) is 15.4 Å². The van der Waals surface area contributed by atoms with Gasteiger partial charge in [0, 0.05) is 11.3 Å². The van der Waals surface area contributed by atoms with E-state index in [1.165, 1.54) is 0 Å². The van der Waals surface area contributed by atoms with Crippen LogP contribution in [0.4, 0.5) is 5.95 Å². The molecule has 2 aromatic carbocycles. The minimum Gasteiger partial charge on any atom is -0.508 e. The number of anilines is 1. The van der Waals surface area contributed by atoms with Gasteiger partial charge < -0.3 is 16.2 Å². The molecule has 1 aliphatic rings. The van der Waals surface area contributed by atoms with Gasteiger partial charge in [0.1, 0.15) is 11.8 Å². The molecular formula is C20H19N5O2. The Kier molecular flexibility index (Phi) is 3.92. The lowest BCUT2D eigenvalue weighted by Crippen LogP contribution is -2.31. The van der Waals surface area contributed by atoms with Crippen LogP contribution >= 0.6 is 0 Å². The average molecular weight is 361 g/mol. The number of phenols is 1. The molecule has 4 rings (SSSR count). The number of nitrogens with two attached hydrogens (primary N) is 1. The molecule has 0 spiro atoms. The number of hydrogen-bond acceptors (Lipinski definition) is 5. The second kappa shape index (κ2) is 6.28. The minimum atomic E-state index is -0.531. The van der Waals surface area contributed by atoms with Crippen LogP contribution in [0.1, 0.15) is 24.1 Å². The van der Waals surface area contributed by atoms with Crippen LogP contribution in [0.25, 0.3) is 11.4 Å². The van der Waals surface area contributed by atoms with Crippen LogP contribution in [0, 0.1) is 6.92 Å². The topological polar surface area (TPSA) is 106 Å². The second-order valence-electron chi connectivity index (χ2n) is 6.60. The van der Waals surface area contributed by atoms with Crippen molar-refractivity contribution in [3.05, 3.63) is 70.9 Å². The van der Waals surface area contributed by atoms with Crippen LogP contribution in [0.3, 0.4) is 0 Å². The van der Waals surface area contributed by atoms with Crippen molar-refractivity contribution < 1.29 is 9.90 Å². The van der Waals surface area contributed by atoms with Gasteiger partial charge in [-0.3, -0.25) is 4.79 Å². The highest BCUT2D eigenvalue weighted by molar-refractivity contribution is 5.95. The van der Waals surface area contributed by atoms with Gasteiger partial charge in [0.2, 0.25) is 11.9 Å². The smallest absolute Gasteiger partial charge is 0.248 e. The van der Waals surface area contributed by atoms with E-state index in [1.807, 2.05) is 31.2 Å². The highest BCUT2D eigenvalue weighted by atomic mass is 16.3. The van der Waals surface area contributed by atoms with Crippen LogP contribution in [-0.2, 0) is 4.79 Å². The van der Waals surface area contributed by atoms with E-state index >= 15 is 0 Å². The van der Waals surface area contributed by atoms with Gasteiger partial charge in [-0.15, -0.1) is 5.10 Å². The van der Waals surface area contributed by atoms with E-state index in [-0.39, 0.29) is 5.75 Å². The molecule has 4 N–H and O–H groups in total. The second-order valence-corrected chi connectivity index (χ2v) is 6.60. The fourth-order valence-electron chi connectivity index (χ4n) is 3.34. The van der Waals surface area contributed by atoms with Crippen molar-refractivity contribution in [1.82, 2.24) is 14.8 Å². The molecule has 1 amide bonds. The Balaban J connectivity index is 1.88. The van der Waals surface area contributed by atoms with Crippen molar-refractivity contribution in [2.45, 2.75) is 19.9 Å². The van der Waals surface area contributed by atoms with Crippen molar-refractivity contribution in [2.24, 2.45) is 5.73 Å². The van der Waals surface area contributed by atoms with E-state index < -0.39 is 11.9 Å². The van der Waals surface area contributed by atoms with E-state index in [4.69, 9.17) is 5.73 Å². The number of carbonyl (C=O) groups is 1. The highest BCUT2D eigenvalue weighted by Crippen LogP contribution is 2.36. The van der Waals surface area contributed by atoms with E-state index in [0.717, 1.165) is 16.7 Å². The van der Waals surface area contributed by atoms with Crippen LogP contribution in [0.2, 0.25) is 0 Å². The van der Waals surface area contributed by atoms with E-state index in [1.54, 1.807) is 35.9 Å². The molecule has 0 bridgehead atoms. The van der Waals surface area contributed by atoms with E-state index in [9.17, 15) is 9.90 Å². The number of allylic oxidation sites excluding steroid dienone is 1. The summed E-state index contributed by atoms with van der Waals surface area (Å²) in [7, 11) is 0. The molecule has 0 saturated heterocycles. The van der Waals surface area contributed by atoms with Crippen LogP contribution in [0.15, 0.2) is 59.8 Å². The van der Waals surface area contributed by atoms with Gasteiger partial charge in [-0.1, -0.05) is 35.9 Å². The molecule has 7 nitrogen and oxygen atoms in total. The zero-order chi connectivity index (χ0) is 19.1. The number of fused-ring (bicyclic) bond motifs is 1. The number of aryl methyl sites for hydroxylation is 1. The third-order valence-corrected chi connectivity index (χ3v) is 4.60. The molecule has 136 valence electrons. The summed E-state index contributed by atoms with van der Waals surface area (Å²) < 4.78 is 1.66. The number of rotatable bonds is 3. The number of nitrogens with zero attached hydrogens (tertiary/aromatic N) is 3. The lowest BCUT2D eigenvalue weighted by atomic mass is 9.95. The zero-order valence-electron chi connectivity index (χ0n) is 15.0. The molecule has 0 radical (unpaired) electrons. The fourth-order valence-corrected chi connectivity index (χ4v) is 3.34. The number of phenolic OH excluding ortho intramolecular Hbond substituents is 1. The molecule has 3 aromatic rings. The summed E-state index contributed by atoms with van der Waals surface area (Å²) in [5, 5.41) is 17.4. The summed E-state index contributed by atoms with van der Waals surface area (Å²) in [5.74, 6) is 0.709. The van der Waals surface area contributed by atoms with Crippen molar-refractivity contribution >= 4 is 11.9 Å². The maximum atomic E-state index is 12.2. The molecule has 0 fully saturated rings. The van der Waals surface area contributed by atoms with Gasteiger partial charge in [-0.2, -0.15) is 4.98 Å². The lowest BCUT2D eigenvalue weighted by molar-refractivity contribution is -0.115. The summed E-state index contributed by atoms with van der Waals surface area (Å²) in [5.41, 5.74) is 9.49. The summed E-state index contributed by atoms with van der Waals surface area (Å²) in [6.45, 7) is 3.80. The molecule has 0 aliphatic carbocycles. The molecule has 1 aliphatic heterocycles. The highest BCUT2D eigenvalue weighted by Gasteiger charge is 2.33. The van der Waals surface area contributed by atoms with Crippen LogP contribution in [-0.4, -0.2) is 25.8 Å². The SMILES string of the molecule is CC1=C(C(N)=O)[C@H](c2ccc(O)cc2)n2nc(-c3cccc(C)c3)nc2N1. The third kappa shape index (κ3) is 2.93. The number of nitrogens with one attached hydrogen (secondary N) is 1. The molecule has 0 saturated carbocycles. The van der Waals surface area contributed by atoms with Gasteiger partial charge in [-0.25, -0.2) is 4.68 Å². The normalized spacial score (nSPS) is 16.0. The predicted octanol–water partition coefficient (Wildman–Crippen LogP) is 2.73. The number of aromatic hydroxyl groups is 1. The number of amides is 1.